The third kappa shape index (κ3) is 4.43. The lowest BCUT2D eigenvalue weighted by Gasteiger charge is -2.19. The normalized spacial score (nSPS) is 18.8. The van der Waals surface area contributed by atoms with Crippen LogP contribution in [0.1, 0.15) is 31.2 Å². The first kappa shape index (κ1) is 15.8. The van der Waals surface area contributed by atoms with Crippen LogP contribution in [0.2, 0.25) is 0 Å². The molecule has 1 aromatic carbocycles. The van der Waals surface area contributed by atoms with Gasteiger partial charge in [-0.05, 0) is 43.5 Å². The summed E-state index contributed by atoms with van der Waals surface area (Å²) in [5.41, 5.74) is 0.763. The lowest BCUT2D eigenvalue weighted by Crippen LogP contribution is -2.29. The van der Waals surface area contributed by atoms with Crippen molar-refractivity contribution < 1.29 is 19.1 Å². The van der Waals surface area contributed by atoms with E-state index in [9.17, 15) is 9.59 Å². The van der Waals surface area contributed by atoms with E-state index in [-0.39, 0.29) is 5.78 Å². The van der Waals surface area contributed by atoms with E-state index in [1.165, 1.54) is 6.08 Å². The molecule has 0 unspecified atom stereocenters. The number of halogens is 1. The minimum absolute atomic E-state index is 0.0167. The highest BCUT2D eigenvalue weighted by atomic mass is 79.9. The highest BCUT2D eigenvalue weighted by molar-refractivity contribution is 9.10. The van der Waals surface area contributed by atoms with Crippen molar-refractivity contribution in [2.45, 2.75) is 31.8 Å². The molecule has 21 heavy (non-hydrogen) atoms. The number of methoxy groups -OCH3 is 1. The van der Waals surface area contributed by atoms with Gasteiger partial charge in [-0.3, -0.25) is 4.79 Å². The first-order valence-electron chi connectivity index (χ1n) is 6.85. The van der Waals surface area contributed by atoms with Gasteiger partial charge >= 0.3 is 5.97 Å². The molecule has 1 aliphatic rings. The van der Waals surface area contributed by atoms with E-state index in [0.717, 1.165) is 22.9 Å². The predicted molar refractivity (Wildman–Crippen MR) is 83.1 cm³/mol. The summed E-state index contributed by atoms with van der Waals surface area (Å²) >= 11 is 3.37. The summed E-state index contributed by atoms with van der Waals surface area (Å²) < 4.78 is 11.3. The molecule has 0 bridgehead atoms. The van der Waals surface area contributed by atoms with Gasteiger partial charge in [-0.1, -0.05) is 15.9 Å². The van der Waals surface area contributed by atoms with E-state index in [2.05, 4.69) is 15.9 Å². The molecule has 0 saturated heterocycles. The van der Waals surface area contributed by atoms with Gasteiger partial charge in [0.15, 0.2) is 11.9 Å². The molecule has 0 N–H and O–H groups in total. The van der Waals surface area contributed by atoms with Gasteiger partial charge in [0.1, 0.15) is 5.75 Å². The Hall–Kier alpha value is -1.62. The molecule has 0 radical (unpaired) electrons. The van der Waals surface area contributed by atoms with Crippen LogP contribution >= 0.6 is 15.9 Å². The van der Waals surface area contributed by atoms with Gasteiger partial charge in [0, 0.05) is 22.5 Å². The number of benzene rings is 1. The Bertz CT molecular complexity index is 565. The smallest absolute Gasteiger partial charge is 0.331 e. The highest BCUT2D eigenvalue weighted by Gasteiger charge is 2.24. The molecule has 0 aromatic heterocycles. The van der Waals surface area contributed by atoms with E-state index < -0.39 is 12.1 Å². The van der Waals surface area contributed by atoms with Crippen molar-refractivity contribution in [3.05, 3.63) is 34.3 Å². The van der Waals surface area contributed by atoms with Crippen molar-refractivity contribution in [1.82, 2.24) is 0 Å². The third-order valence-corrected chi connectivity index (χ3v) is 3.84. The number of carbonyl (C=O) groups is 2. The molecule has 4 nitrogen and oxygen atoms in total. The zero-order valence-electron chi connectivity index (χ0n) is 11.8. The molecule has 1 aliphatic carbocycles. The fraction of sp³-hybridized carbons (Fsp3) is 0.375. The van der Waals surface area contributed by atoms with E-state index in [4.69, 9.17) is 9.47 Å². The molecular weight excluding hydrogens is 336 g/mol. The second kappa shape index (κ2) is 7.41. The van der Waals surface area contributed by atoms with Crippen molar-refractivity contribution >= 4 is 33.8 Å². The summed E-state index contributed by atoms with van der Waals surface area (Å²) in [5.74, 6) is 0.177. The van der Waals surface area contributed by atoms with Gasteiger partial charge < -0.3 is 9.47 Å². The summed E-state index contributed by atoms with van der Waals surface area (Å²) in [7, 11) is 1.57. The van der Waals surface area contributed by atoms with Gasteiger partial charge in [-0.2, -0.15) is 0 Å². The average molecular weight is 353 g/mol. The van der Waals surface area contributed by atoms with Gasteiger partial charge in [0.2, 0.25) is 0 Å². The Morgan fingerprint density at radius 2 is 2.19 bits per heavy atom. The van der Waals surface area contributed by atoms with Crippen molar-refractivity contribution in [1.29, 1.82) is 0 Å². The van der Waals surface area contributed by atoms with Crippen molar-refractivity contribution in [3.63, 3.8) is 0 Å². The van der Waals surface area contributed by atoms with E-state index in [1.54, 1.807) is 19.3 Å². The maximum Gasteiger partial charge on any atom is 0.331 e. The van der Waals surface area contributed by atoms with Gasteiger partial charge in [-0.25, -0.2) is 4.79 Å². The van der Waals surface area contributed by atoms with Crippen LogP contribution in [0, 0.1) is 0 Å². The molecule has 0 amide bonds. The lowest BCUT2D eigenvalue weighted by atomic mass is 9.96. The maximum atomic E-state index is 11.8. The van der Waals surface area contributed by atoms with Crippen LogP contribution in [-0.2, 0) is 14.3 Å². The molecule has 2 rings (SSSR count). The molecule has 0 spiro atoms. The highest BCUT2D eigenvalue weighted by Crippen LogP contribution is 2.24. The number of rotatable bonds is 4. The molecule has 0 aliphatic heterocycles. The number of ketones is 1. The summed E-state index contributed by atoms with van der Waals surface area (Å²) in [6.07, 6.45) is 5.30. The molecular formula is C16H17BrO4. The van der Waals surface area contributed by atoms with Crippen LogP contribution in [0.3, 0.4) is 0 Å². The van der Waals surface area contributed by atoms with Crippen LogP contribution in [-0.4, -0.2) is 25.0 Å². The largest absolute Gasteiger partial charge is 0.496 e. The molecule has 1 aromatic rings. The average Bonchev–Trinajstić information content (AvgIpc) is 2.48. The zero-order chi connectivity index (χ0) is 15.2. The summed E-state index contributed by atoms with van der Waals surface area (Å²) in [6.45, 7) is 0. The Balaban J connectivity index is 2.01. The molecule has 0 heterocycles. The first-order valence-corrected chi connectivity index (χ1v) is 7.64. The van der Waals surface area contributed by atoms with Crippen molar-refractivity contribution in [2.24, 2.45) is 0 Å². The Kier molecular flexibility index (Phi) is 5.56. The van der Waals surface area contributed by atoms with Crippen LogP contribution in [0.25, 0.3) is 6.08 Å². The summed E-state index contributed by atoms with van der Waals surface area (Å²) in [5, 5.41) is 0. The molecule has 1 saturated carbocycles. The SMILES string of the molecule is COc1ccc(Br)cc1/C=C\C(=O)O[C@H]1CCCCC1=O. The van der Waals surface area contributed by atoms with Gasteiger partial charge in [0.05, 0.1) is 7.11 Å². The predicted octanol–water partition coefficient (Wildman–Crippen LogP) is 3.53. The topological polar surface area (TPSA) is 52.6 Å². The fourth-order valence-electron chi connectivity index (χ4n) is 2.25. The second-order valence-corrected chi connectivity index (χ2v) is 5.77. The monoisotopic (exact) mass is 352 g/mol. The Morgan fingerprint density at radius 1 is 1.38 bits per heavy atom. The quantitative estimate of drug-likeness (QED) is 0.614. The van der Waals surface area contributed by atoms with Crippen LogP contribution < -0.4 is 4.74 Å². The minimum atomic E-state index is -0.583. The van der Waals surface area contributed by atoms with Gasteiger partial charge in [0.25, 0.3) is 0 Å². The van der Waals surface area contributed by atoms with Crippen molar-refractivity contribution in [2.75, 3.05) is 7.11 Å². The van der Waals surface area contributed by atoms with Gasteiger partial charge in [-0.15, -0.1) is 0 Å². The van der Waals surface area contributed by atoms with E-state index >= 15 is 0 Å². The molecule has 112 valence electrons. The maximum absolute atomic E-state index is 11.8. The molecule has 5 heteroatoms. The summed E-state index contributed by atoms with van der Waals surface area (Å²) in [4.78, 5) is 23.4. The fourth-order valence-corrected chi connectivity index (χ4v) is 2.63. The Morgan fingerprint density at radius 3 is 2.90 bits per heavy atom. The molecule has 1 fully saturated rings. The number of hydrogen-bond donors (Lipinski definition) is 0. The lowest BCUT2D eigenvalue weighted by molar-refractivity contribution is -0.152. The zero-order valence-corrected chi connectivity index (χ0v) is 13.4. The number of carbonyl (C=O) groups excluding carboxylic acids is 2. The second-order valence-electron chi connectivity index (χ2n) is 4.86. The van der Waals surface area contributed by atoms with Crippen LogP contribution in [0.15, 0.2) is 28.7 Å². The number of hydrogen-bond acceptors (Lipinski definition) is 4. The Labute approximate surface area is 132 Å². The minimum Gasteiger partial charge on any atom is -0.496 e. The molecule has 1 atom stereocenters. The van der Waals surface area contributed by atoms with Crippen LogP contribution in [0.5, 0.6) is 5.75 Å². The number of esters is 1. The summed E-state index contributed by atoms with van der Waals surface area (Å²) in [6, 6.07) is 5.50. The third-order valence-electron chi connectivity index (χ3n) is 3.35. The van der Waals surface area contributed by atoms with Crippen LogP contribution in [0.4, 0.5) is 0 Å². The first-order chi connectivity index (χ1) is 10.1. The number of Topliss-reactive ketones (excluding diaryl/α,β-unsaturated/α-hetero) is 1. The van der Waals surface area contributed by atoms with E-state index in [1.807, 2.05) is 12.1 Å². The standard InChI is InChI=1S/C16H17BrO4/c1-20-14-8-7-12(17)10-11(14)6-9-16(19)21-15-5-3-2-4-13(15)18/h6-10,15H,2-5H2,1H3/b9-6-/t15-/m0/s1. The van der Waals surface area contributed by atoms with Crippen molar-refractivity contribution in [3.8, 4) is 5.75 Å². The van der Waals surface area contributed by atoms with E-state index in [0.29, 0.717) is 18.6 Å². The number of ether oxygens (including phenoxy) is 2.